The Kier molecular flexibility index (Phi) is 5.88. The number of rotatable bonds is 6. The van der Waals surface area contributed by atoms with Crippen molar-refractivity contribution in [3.05, 3.63) is 69.3 Å². The van der Waals surface area contributed by atoms with Crippen LogP contribution in [0.25, 0.3) is 0 Å². The van der Waals surface area contributed by atoms with Crippen molar-refractivity contribution < 1.29 is 24.0 Å². The van der Waals surface area contributed by atoms with Gasteiger partial charge in [0.1, 0.15) is 11.3 Å². The number of aryl methyl sites for hydroxylation is 1. The summed E-state index contributed by atoms with van der Waals surface area (Å²) in [4.78, 5) is 34.8. The molecule has 146 valence electrons. The molecular formula is C20H20N2O6. The van der Waals surface area contributed by atoms with Crippen molar-refractivity contribution in [3.8, 4) is 5.75 Å². The first kappa shape index (κ1) is 19.3. The minimum absolute atomic E-state index is 0.104. The summed E-state index contributed by atoms with van der Waals surface area (Å²) in [5, 5.41) is 13.8. The molecule has 0 radical (unpaired) electrons. The van der Waals surface area contributed by atoms with Crippen LogP contribution in [0.4, 0.5) is 5.69 Å². The molecule has 8 heteroatoms. The number of nitrogens with zero attached hydrogens (tertiary/aromatic N) is 1. The van der Waals surface area contributed by atoms with Crippen LogP contribution >= 0.6 is 0 Å². The number of hydrogen-bond donors (Lipinski definition) is 1. The van der Waals surface area contributed by atoms with Crippen LogP contribution in [0.2, 0.25) is 0 Å². The molecule has 0 unspecified atom stereocenters. The second-order valence-electron chi connectivity index (χ2n) is 6.43. The number of hydrogen-bond acceptors (Lipinski definition) is 6. The quantitative estimate of drug-likeness (QED) is 0.466. The number of nitrogens with one attached hydrogen (secondary N) is 1. The predicted molar refractivity (Wildman–Crippen MR) is 100 cm³/mol. The Balaban J connectivity index is 1.63. The predicted octanol–water partition coefficient (Wildman–Crippen LogP) is 2.95. The summed E-state index contributed by atoms with van der Waals surface area (Å²) >= 11 is 0. The van der Waals surface area contributed by atoms with Gasteiger partial charge >= 0.3 is 5.97 Å². The largest absolute Gasteiger partial charge is 0.496 e. The van der Waals surface area contributed by atoms with E-state index in [1.54, 1.807) is 0 Å². The fourth-order valence-corrected chi connectivity index (χ4v) is 3.32. The minimum Gasteiger partial charge on any atom is -0.496 e. The van der Waals surface area contributed by atoms with Gasteiger partial charge in [0, 0.05) is 12.1 Å². The van der Waals surface area contributed by atoms with Crippen molar-refractivity contribution in [1.29, 1.82) is 0 Å². The van der Waals surface area contributed by atoms with Crippen molar-refractivity contribution in [2.45, 2.75) is 25.3 Å². The first-order valence-electron chi connectivity index (χ1n) is 8.86. The number of fused-ring (bicyclic) bond motifs is 1. The van der Waals surface area contributed by atoms with Crippen LogP contribution < -0.4 is 10.1 Å². The van der Waals surface area contributed by atoms with E-state index in [9.17, 15) is 19.7 Å². The van der Waals surface area contributed by atoms with Crippen LogP contribution in [0.5, 0.6) is 5.75 Å². The number of nitro benzene ring substituents is 1. The number of non-ortho nitro benzene ring substituents is 1. The van der Waals surface area contributed by atoms with E-state index in [0.717, 1.165) is 30.9 Å². The molecule has 1 N–H and O–H groups in total. The molecule has 8 nitrogen and oxygen atoms in total. The first-order chi connectivity index (χ1) is 13.5. The van der Waals surface area contributed by atoms with E-state index >= 15 is 0 Å². The van der Waals surface area contributed by atoms with Crippen molar-refractivity contribution >= 4 is 17.6 Å². The number of ether oxygens (including phenoxy) is 2. The SMILES string of the molecule is COc1ccc([N+](=O)[O-])cc1C(=O)OCC(=O)N[C@@H]1CCCc2ccccc21. The average molecular weight is 384 g/mol. The second-order valence-corrected chi connectivity index (χ2v) is 6.43. The standard InChI is InChI=1S/C20H20N2O6/c1-27-18-10-9-14(22(25)26)11-16(18)20(24)28-12-19(23)21-17-8-4-6-13-5-2-3-7-15(13)17/h2-3,5,7,9-11,17H,4,6,8,12H2,1H3,(H,21,23)/t17-/m1/s1. The highest BCUT2D eigenvalue weighted by Crippen LogP contribution is 2.29. The lowest BCUT2D eigenvalue weighted by molar-refractivity contribution is -0.384. The molecule has 1 aliphatic rings. The number of carbonyl (C=O) groups excluding carboxylic acids is 2. The number of carbonyl (C=O) groups is 2. The monoisotopic (exact) mass is 384 g/mol. The highest BCUT2D eigenvalue weighted by atomic mass is 16.6. The van der Waals surface area contributed by atoms with Crippen LogP contribution in [0.1, 0.15) is 40.4 Å². The van der Waals surface area contributed by atoms with E-state index in [1.165, 1.54) is 24.8 Å². The van der Waals surface area contributed by atoms with E-state index in [4.69, 9.17) is 9.47 Å². The van der Waals surface area contributed by atoms with Gasteiger partial charge in [0.15, 0.2) is 6.61 Å². The summed E-state index contributed by atoms with van der Waals surface area (Å²) < 4.78 is 10.1. The smallest absolute Gasteiger partial charge is 0.342 e. The molecule has 0 aromatic heterocycles. The molecular weight excluding hydrogens is 364 g/mol. The van der Waals surface area contributed by atoms with Gasteiger partial charge in [0.05, 0.1) is 18.1 Å². The lowest BCUT2D eigenvalue weighted by Gasteiger charge is -2.26. The van der Waals surface area contributed by atoms with Gasteiger partial charge in [-0.25, -0.2) is 4.79 Å². The summed E-state index contributed by atoms with van der Waals surface area (Å²) in [5.74, 6) is -1.16. The third-order valence-corrected chi connectivity index (χ3v) is 4.65. The van der Waals surface area contributed by atoms with E-state index in [2.05, 4.69) is 5.32 Å². The molecule has 1 amide bonds. The fraction of sp³-hybridized carbons (Fsp3) is 0.300. The summed E-state index contributed by atoms with van der Waals surface area (Å²) in [6, 6.07) is 11.4. The Labute approximate surface area is 161 Å². The number of esters is 1. The van der Waals surface area contributed by atoms with E-state index in [-0.39, 0.29) is 23.0 Å². The highest BCUT2D eigenvalue weighted by molar-refractivity contribution is 5.94. The molecule has 3 rings (SSSR count). The van der Waals surface area contributed by atoms with E-state index in [0.29, 0.717) is 0 Å². The zero-order valence-electron chi connectivity index (χ0n) is 15.3. The maximum atomic E-state index is 12.3. The molecule has 1 aliphatic carbocycles. The number of benzene rings is 2. The Morgan fingerprint density at radius 1 is 1.25 bits per heavy atom. The van der Waals surface area contributed by atoms with Crippen molar-refractivity contribution in [1.82, 2.24) is 5.32 Å². The fourth-order valence-electron chi connectivity index (χ4n) is 3.32. The highest BCUT2D eigenvalue weighted by Gasteiger charge is 2.23. The van der Waals surface area contributed by atoms with Crippen molar-refractivity contribution in [2.24, 2.45) is 0 Å². The van der Waals surface area contributed by atoms with Gasteiger partial charge in [0.25, 0.3) is 11.6 Å². The molecule has 1 atom stereocenters. The van der Waals surface area contributed by atoms with Crippen LogP contribution in [0.15, 0.2) is 42.5 Å². The normalized spacial score (nSPS) is 15.2. The maximum absolute atomic E-state index is 12.3. The third kappa shape index (κ3) is 4.28. The zero-order chi connectivity index (χ0) is 20.1. The lowest BCUT2D eigenvalue weighted by atomic mass is 9.88. The Hall–Kier alpha value is -3.42. The zero-order valence-corrected chi connectivity index (χ0v) is 15.3. The molecule has 0 bridgehead atoms. The molecule has 0 spiro atoms. The number of methoxy groups -OCH3 is 1. The number of amides is 1. The molecule has 0 fully saturated rings. The molecule has 28 heavy (non-hydrogen) atoms. The summed E-state index contributed by atoms with van der Waals surface area (Å²) in [5.41, 5.74) is 1.91. The van der Waals surface area contributed by atoms with Crippen LogP contribution in [0.3, 0.4) is 0 Å². The van der Waals surface area contributed by atoms with Gasteiger partial charge in [-0.1, -0.05) is 24.3 Å². The topological polar surface area (TPSA) is 108 Å². The Morgan fingerprint density at radius 3 is 2.79 bits per heavy atom. The molecule has 0 heterocycles. The van der Waals surface area contributed by atoms with Crippen molar-refractivity contribution in [2.75, 3.05) is 13.7 Å². The van der Waals surface area contributed by atoms with Gasteiger partial charge in [-0.2, -0.15) is 0 Å². The number of nitro groups is 1. The minimum atomic E-state index is -0.861. The van der Waals surface area contributed by atoms with Crippen LogP contribution in [-0.4, -0.2) is 30.5 Å². The maximum Gasteiger partial charge on any atom is 0.342 e. The summed E-state index contributed by atoms with van der Waals surface area (Å²) in [6.07, 6.45) is 2.76. The van der Waals surface area contributed by atoms with E-state index < -0.39 is 23.4 Å². The lowest BCUT2D eigenvalue weighted by Crippen LogP contribution is -2.34. The summed E-state index contributed by atoms with van der Waals surface area (Å²) in [6.45, 7) is -0.483. The third-order valence-electron chi connectivity index (χ3n) is 4.65. The second kappa shape index (κ2) is 8.51. The van der Waals surface area contributed by atoms with Crippen molar-refractivity contribution in [3.63, 3.8) is 0 Å². The van der Waals surface area contributed by atoms with Crippen LogP contribution in [-0.2, 0) is 16.0 Å². The van der Waals surface area contributed by atoms with Gasteiger partial charge in [-0.05, 0) is 36.5 Å². The summed E-state index contributed by atoms with van der Waals surface area (Å²) in [7, 11) is 1.34. The van der Waals surface area contributed by atoms with Gasteiger partial charge in [-0.15, -0.1) is 0 Å². The molecule has 0 saturated carbocycles. The first-order valence-corrected chi connectivity index (χ1v) is 8.86. The molecule has 2 aromatic carbocycles. The van der Waals surface area contributed by atoms with Gasteiger partial charge in [0.2, 0.25) is 0 Å². The van der Waals surface area contributed by atoms with E-state index in [1.807, 2.05) is 24.3 Å². The molecule has 2 aromatic rings. The molecule has 0 saturated heterocycles. The van der Waals surface area contributed by atoms with Gasteiger partial charge < -0.3 is 14.8 Å². The Bertz CT molecular complexity index is 911. The van der Waals surface area contributed by atoms with Gasteiger partial charge in [-0.3, -0.25) is 14.9 Å². The average Bonchev–Trinajstić information content (AvgIpc) is 2.71. The van der Waals surface area contributed by atoms with Crippen LogP contribution in [0, 0.1) is 10.1 Å². The molecule has 0 aliphatic heterocycles. The Morgan fingerprint density at radius 2 is 2.04 bits per heavy atom.